The maximum Gasteiger partial charge on any atom is 0.266 e. The Labute approximate surface area is 109 Å². The largest absolute Gasteiger partial charge is 0.272 e. The summed E-state index contributed by atoms with van der Waals surface area (Å²) in [6.07, 6.45) is 0.518. The van der Waals surface area contributed by atoms with E-state index in [9.17, 15) is 13.2 Å². The summed E-state index contributed by atoms with van der Waals surface area (Å²) in [5, 5.41) is 0. The van der Waals surface area contributed by atoms with Gasteiger partial charge in [-0.3, -0.25) is 4.79 Å². The van der Waals surface area contributed by atoms with Crippen molar-refractivity contribution in [1.82, 2.24) is 4.31 Å². The Kier molecular flexibility index (Phi) is 3.27. The molecule has 0 N–H and O–H groups in total. The van der Waals surface area contributed by atoms with Gasteiger partial charge in [0, 0.05) is 6.54 Å². The van der Waals surface area contributed by atoms with E-state index in [-0.39, 0.29) is 22.2 Å². The third kappa shape index (κ3) is 2.24. The molecule has 1 aromatic carbocycles. The number of sulfonamides is 1. The number of halogens is 1. The lowest BCUT2D eigenvalue weighted by atomic mass is 10.2. The van der Waals surface area contributed by atoms with Gasteiger partial charge in [0.1, 0.15) is 0 Å². The van der Waals surface area contributed by atoms with Crippen molar-refractivity contribution < 1.29 is 13.2 Å². The van der Waals surface area contributed by atoms with Gasteiger partial charge in [-0.2, -0.15) is 0 Å². The zero-order chi connectivity index (χ0) is 12.6. The van der Waals surface area contributed by atoms with E-state index in [0.29, 0.717) is 6.42 Å². The van der Waals surface area contributed by atoms with Gasteiger partial charge in [-0.25, -0.2) is 12.7 Å². The summed E-state index contributed by atoms with van der Waals surface area (Å²) in [6.45, 7) is 2.12. The Bertz CT molecular complexity index is 538. The number of hydrogen-bond acceptors (Lipinski definition) is 3. The minimum absolute atomic E-state index is 0.165. The molecule has 0 aromatic heterocycles. The Morgan fingerprint density at radius 3 is 2.35 bits per heavy atom. The molecule has 4 nitrogen and oxygen atoms in total. The topological polar surface area (TPSA) is 54.5 Å². The van der Waals surface area contributed by atoms with Crippen LogP contribution in [-0.4, -0.2) is 30.0 Å². The van der Waals surface area contributed by atoms with Crippen molar-refractivity contribution in [2.75, 3.05) is 6.54 Å². The molecule has 1 heterocycles. The molecular formula is C11H12BrNO3S. The van der Waals surface area contributed by atoms with Crippen molar-refractivity contribution in [2.24, 2.45) is 0 Å². The normalized spacial score (nSPS) is 20.9. The predicted octanol–water partition coefficient (Wildman–Crippen LogP) is 1.68. The monoisotopic (exact) mass is 317 g/mol. The molecule has 0 radical (unpaired) electrons. The molecule has 0 bridgehead atoms. The average Bonchev–Trinajstić information content (AvgIpc) is 2.61. The van der Waals surface area contributed by atoms with E-state index in [0.717, 1.165) is 9.87 Å². The van der Waals surface area contributed by atoms with Crippen LogP contribution < -0.4 is 0 Å². The van der Waals surface area contributed by atoms with Gasteiger partial charge >= 0.3 is 0 Å². The smallest absolute Gasteiger partial charge is 0.266 e. The van der Waals surface area contributed by atoms with Crippen molar-refractivity contribution in [1.29, 1.82) is 0 Å². The third-order valence-electron chi connectivity index (χ3n) is 2.71. The van der Waals surface area contributed by atoms with E-state index in [2.05, 4.69) is 15.9 Å². The number of carbonyl (C=O) groups is 1. The Balaban J connectivity index is 2.37. The fourth-order valence-electron chi connectivity index (χ4n) is 1.70. The van der Waals surface area contributed by atoms with Crippen LogP contribution in [0.15, 0.2) is 29.2 Å². The summed E-state index contributed by atoms with van der Waals surface area (Å²) in [5.41, 5.74) is 0.982. The molecule has 92 valence electrons. The van der Waals surface area contributed by atoms with Gasteiger partial charge in [-0.15, -0.1) is 0 Å². The second-order valence-corrected chi connectivity index (χ2v) is 6.95. The minimum Gasteiger partial charge on any atom is -0.272 e. The van der Waals surface area contributed by atoms with Crippen molar-refractivity contribution in [2.45, 2.75) is 23.1 Å². The molecule has 17 heavy (non-hydrogen) atoms. The number of rotatable bonds is 2. The molecule has 1 amide bonds. The highest BCUT2D eigenvalue weighted by atomic mass is 79.9. The number of nitrogens with zero attached hydrogens (tertiary/aromatic N) is 1. The van der Waals surface area contributed by atoms with Gasteiger partial charge in [-0.05, 0) is 25.5 Å². The Morgan fingerprint density at radius 1 is 1.29 bits per heavy atom. The molecule has 2 rings (SSSR count). The predicted molar refractivity (Wildman–Crippen MR) is 67.4 cm³/mol. The molecule has 0 aliphatic carbocycles. The minimum atomic E-state index is -3.68. The molecule has 0 saturated carbocycles. The van der Waals surface area contributed by atoms with Crippen LogP contribution >= 0.6 is 15.9 Å². The fraction of sp³-hybridized carbons (Fsp3) is 0.364. The zero-order valence-corrected chi connectivity index (χ0v) is 11.7. The number of aryl methyl sites for hydroxylation is 1. The number of benzene rings is 1. The molecule has 0 spiro atoms. The highest BCUT2D eigenvalue weighted by Gasteiger charge is 2.38. The zero-order valence-electron chi connectivity index (χ0n) is 9.26. The van der Waals surface area contributed by atoms with Crippen molar-refractivity contribution in [3.63, 3.8) is 0 Å². The van der Waals surface area contributed by atoms with Crippen molar-refractivity contribution >= 4 is 31.9 Å². The maximum absolute atomic E-state index is 12.2. The Morgan fingerprint density at radius 2 is 1.88 bits per heavy atom. The van der Waals surface area contributed by atoms with Gasteiger partial charge in [0.2, 0.25) is 5.91 Å². The quantitative estimate of drug-likeness (QED) is 0.780. The molecule has 0 unspecified atom stereocenters. The molecule has 1 aliphatic rings. The van der Waals surface area contributed by atoms with Crippen LogP contribution in [0.2, 0.25) is 0 Å². The molecule has 1 fully saturated rings. The lowest BCUT2D eigenvalue weighted by Gasteiger charge is -2.16. The summed E-state index contributed by atoms with van der Waals surface area (Å²) in [4.78, 5) is 11.5. The molecule has 1 saturated heterocycles. The van der Waals surface area contributed by atoms with Crippen LogP contribution in [0.4, 0.5) is 0 Å². The van der Waals surface area contributed by atoms with Crippen LogP contribution in [-0.2, 0) is 14.8 Å². The number of carbonyl (C=O) groups excluding carboxylic acids is 1. The van der Waals surface area contributed by atoms with E-state index < -0.39 is 10.0 Å². The first-order valence-electron chi connectivity index (χ1n) is 5.20. The van der Waals surface area contributed by atoms with Gasteiger partial charge in [-0.1, -0.05) is 33.6 Å². The highest BCUT2D eigenvalue weighted by molar-refractivity contribution is 9.10. The SMILES string of the molecule is Cc1ccc(S(=O)(=O)N2CC[C@H](Br)C2=O)cc1. The highest BCUT2D eigenvalue weighted by Crippen LogP contribution is 2.25. The van der Waals surface area contributed by atoms with Gasteiger partial charge in [0.05, 0.1) is 9.72 Å². The fourth-order valence-corrected chi connectivity index (χ4v) is 3.73. The first-order valence-corrected chi connectivity index (χ1v) is 7.56. The summed E-state index contributed by atoms with van der Waals surface area (Å²) in [7, 11) is -3.68. The molecule has 1 aromatic rings. The summed E-state index contributed by atoms with van der Waals surface area (Å²) >= 11 is 3.17. The maximum atomic E-state index is 12.2. The third-order valence-corrected chi connectivity index (χ3v) is 5.37. The van der Waals surface area contributed by atoms with Gasteiger partial charge < -0.3 is 0 Å². The van der Waals surface area contributed by atoms with E-state index in [1.807, 2.05) is 6.92 Å². The van der Waals surface area contributed by atoms with Crippen molar-refractivity contribution in [3.8, 4) is 0 Å². The average molecular weight is 318 g/mol. The molecule has 1 atom stereocenters. The van der Waals surface area contributed by atoms with Crippen LogP contribution in [0.3, 0.4) is 0 Å². The number of amides is 1. The number of hydrogen-bond donors (Lipinski definition) is 0. The van der Waals surface area contributed by atoms with Crippen LogP contribution in [0, 0.1) is 6.92 Å². The summed E-state index contributed by atoms with van der Waals surface area (Å²) in [6, 6.07) is 6.50. The van der Waals surface area contributed by atoms with E-state index in [1.54, 1.807) is 12.1 Å². The molecule has 1 aliphatic heterocycles. The second kappa shape index (κ2) is 4.42. The van der Waals surface area contributed by atoms with E-state index >= 15 is 0 Å². The van der Waals surface area contributed by atoms with Crippen molar-refractivity contribution in [3.05, 3.63) is 29.8 Å². The lowest BCUT2D eigenvalue weighted by molar-refractivity contribution is -0.123. The number of alkyl halides is 1. The second-order valence-electron chi connectivity index (χ2n) is 3.98. The summed E-state index contributed by atoms with van der Waals surface area (Å²) in [5.74, 6) is -0.384. The van der Waals surface area contributed by atoms with Crippen LogP contribution in [0.1, 0.15) is 12.0 Å². The van der Waals surface area contributed by atoms with Gasteiger partial charge in [0.25, 0.3) is 10.0 Å². The molecule has 6 heteroatoms. The first kappa shape index (κ1) is 12.6. The summed E-state index contributed by atoms with van der Waals surface area (Å²) < 4.78 is 25.3. The molecular weight excluding hydrogens is 306 g/mol. The Hall–Kier alpha value is -0.880. The van der Waals surface area contributed by atoms with E-state index in [1.165, 1.54) is 12.1 Å². The first-order chi connectivity index (χ1) is 7.93. The van der Waals surface area contributed by atoms with Gasteiger partial charge in [0.15, 0.2) is 0 Å². The van der Waals surface area contributed by atoms with Crippen LogP contribution in [0.25, 0.3) is 0 Å². The van der Waals surface area contributed by atoms with E-state index in [4.69, 9.17) is 0 Å². The van der Waals surface area contributed by atoms with Crippen LogP contribution in [0.5, 0.6) is 0 Å². The lowest BCUT2D eigenvalue weighted by Crippen LogP contribution is -2.33. The standard InChI is InChI=1S/C11H12BrNO3S/c1-8-2-4-9(5-3-8)17(15,16)13-7-6-10(12)11(13)14/h2-5,10H,6-7H2,1H3/t10-/m0/s1.